The molecule has 6 nitrogen and oxygen atoms in total. The Morgan fingerprint density at radius 1 is 1.43 bits per heavy atom. The standard InChI is InChI=1S/C15H26N4O2/c1-10-13(11(2)19(4)17-10)6-7-16-15(20)14-8-12(21-5)9-18(14)3/h12,14H,6-9H2,1-5H3,(H,16,20)/t12-,14-/m0/s1. The molecule has 0 aromatic carbocycles. The molecule has 6 heteroatoms. The molecule has 118 valence electrons. The average molecular weight is 294 g/mol. The second-order valence-electron chi connectivity index (χ2n) is 5.86. The van der Waals surface area contributed by atoms with Crippen molar-refractivity contribution in [2.75, 3.05) is 27.2 Å². The molecule has 1 aliphatic rings. The summed E-state index contributed by atoms with van der Waals surface area (Å²) in [5, 5.41) is 7.44. The molecule has 2 heterocycles. The Labute approximate surface area is 126 Å². The predicted octanol–water partition coefficient (Wildman–Crippen LogP) is 0.415. The van der Waals surface area contributed by atoms with Crippen LogP contribution in [0.25, 0.3) is 0 Å². The Morgan fingerprint density at radius 2 is 2.14 bits per heavy atom. The van der Waals surface area contributed by atoms with Crippen LogP contribution in [0.3, 0.4) is 0 Å². The number of carbonyl (C=O) groups is 1. The summed E-state index contributed by atoms with van der Waals surface area (Å²) in [6.07, 6.45) is 1.75. The Balaban J connectivity index is 1.85. The van der Waals surface area contributed by atoms with Crippen molar-refractivity contribution >= 4 is 5.91 Å². The molecule has 1 amide bonds. The predicted molar refractivity (Wildman–Crippen MR) is 81.2 cm³/mol. The van der Waals surface area contributed by atoms with Crippen molar-refractivity contribution in [2.24, 2.45) is 7.05 Å². The first-order chi connectivity index (χ1) is 9.93. The van der Waals surface area contributed by atoms with Gasteiger partial charge in [0, 0.05) is 32.9 Å². The topological polar surface area (TPSA) is 59.4 Å². The minimum absolute atomic E-state index is 0.0777. The fraction of sp³-hybridized carbons (Fsp3) is 0.733. The van der Waals surface area contributed by atoms with Gasteiger partial charge in [-0.15, -0.1) is 0 Å². The second kappa shape index (κ2) is 6.58. The van der Waals surface area contributed by atoms with Crippen LogP contribution in [0, 0.1) is 13.8 Å². The van der Waals surface area contributed by atoms with E-state index in [9.17, 15) is 4.79 Å². The van der Waals surface area contributed by atoms with Crippen LogP contribution in [-0.4, -0.2) is 60.0 Å². The highest BCUT2D eigenvalue weighted by atomic mass is 16.5. The molecule has 0 aliphatic carbocycles. The number of likely N-dealkylation sites (N-methyl/N-ethyl adjacent to an activating group) is 1. The maximum atomic E-state index is 12.3. The third-order valence-corrected chi connectivity index (χ3v) is 4.48. The van der Waals surface area contributed by atoms with E-state index in [4.69, 9.17) is 4.74 Å². The van der Waals surface area contributed by atoms with Gasteiger partial charge in [0.05, 0.1) is 17.8 Å². The van der Waals surface area contributed by atoms with E-state index in [0.29, 0.717) is 6.54 Å². The maximum Gasteiger partial charge on any atom is 0.237 e. The molecule has 0 bridgehead atoms. The molecule has 2 atom stereocenters. The summed E-state index contributed by atoms with van der Waals surface area (Å²) >= 11 is 0. The third kappa shape index (κ3) is 3.44. The molecule has 2 rings (SSSR count). The Bertz CT molecular complexity index is 512. The van der Waals surface area contributed by atoms with Gasteiger partial charge in [-0.3, -0.25) is 14.4 Å². The molecule has 0 radical (unpaired) electrons. The van der Waals surface area contributed by atoms with E-state index in [-0.39, 0.29) is 18.1 Å². The molecule has 21 heavy (non-hydrogen) atoms. The van der Waals surface area contributed by atoms with E-state index >= 15 is 0 Å². The lowest BCUT2D eigenvalue weighted by molar-refractivity contribution is -0.125. The fourth-order valence-electron chi connectivity index (χ4n) is 3.04. The highest BCUT2D eigenvalue weighted by Crippen LogP contribution is 2.18. The van der Waals surface area contributed by atoms with E-state index in [0.717, 1.165) is 25.1 Å². The number of nitrogens with one attached hydrogen (secondary N) is 1. The van der Waals surface area contributed by atoms with Gasteiger partial charge in [-0.25, -0.2) is 0 Å². The maximum absolute atomic E-state index is 12.3. The Hall–Kier alpha value is -1.40. The van der Waals surface area contributed by atoms with Gasteiger partial charge in [0.25, 0.3) is 0 Å². The number of ether oxygens (including phenoxy) is 1. The van der Waals surface area contributed by atoms with Crippen LogP contribution >= 0.6 is 0 Å². The minimum Gasteiger partial charge on any atom is -0.380 e. The summed E-state index contributed by atoms with van der Waals surface area (Å²) in [7, 11) is 5.62. The normalized spacial score (nSPS) is 22.7. The lowest BCUT2D eigenvalue weighted by Gasteiger charge is -2.18. The van der Waals surface area contributed by atoms with E-state index in [2.05, 4.69) is 22.2 Å². The summed E-state index contributed by atoms with van der Waals surface area (Å²) in [6, 6.07) is -0.0777. The summed E-state index contributed by atoms with van der Waals surface area (Å²) < 4.78 is 7.23. The van der Waals surface area contributed by atoms with Crippen molar-refractivity contribution < 1.29 is 9.53 Å². The fourth-order valence-corrected chi connectivity index (χ4v) is 3.04. The molecule has 0 spiro atoms. The quantitative estimate of drug-likeness (QED) is 0.855. The van der Waals surface area contributed by atoms with Crippen LogP contribution in [0.2, 0.25) is 0 Å². The van der Waals surface area contributed by atoms with Gasteiger partial charge in [-0.1, -0.05) is 0 Å². The Morgan fingerprint density at radius 3 is 2.67 bits per heavy atom. The Kier molecular flexibility index (Phi) is 5.00. The smallest absolute Gasteiger partial charge is 0.237 e. The van der Waals surface area contributed by atoms with Gasteiger partial charge in [0.1, 0.15) is 0 Å². The average Bonchev–Trinajstić information content (AvgIpc) is 2.93. The lowest BCUT2D eigenvalue weighted by Crippen LogP contribution is -2.42. The largest absolute Gasteiger partial charge is 0.380 e. The number of carbonyl (C=O) groups excluding carboxylic acids is 1. The molecule has 1 aliphatic heterocycles. The van der Waals surface area contributed by atoms with Crippen LogP contribution in [0.4, 0.5) is 0 Å². The molecule has 1 aromatic rings. The van der Waals surface area contributed by atoms with Crippen LogP contribution in [0.15, 0.2) is 0 Å². The molecule has 1 aromatic heterocycles. The first-order valence-corrected chi connectivity index (χ1v) is 7.43. The molecular weight excluding hydrogens is 268 g/mol. The molecule has 1 saturated heterocycles. The first-order valence-electron chi connectivity index (χ1n) is 7.43. The van der Waals surface area contributed by atoms with Crippen molar-refractivity contribution in [3.8, 4) is 0 Å². The third-order valence-electron chi connectivity index (χ3n) is 4.48. The zero-order valence-electron chi connectivity index (χ0n) is 13.6. The van der Waals surface area contributed by atoms with E-state index in [1.54, 1.807) is 7.11 Å². The number of methoxy groups -OCH3 is 1. The number of amides is 1. The summed E-state index contributed by atoms with van der Waals surface area (Å²) in [6.45, 7) is 5.53. The number of hydrogen-bond donors (Lipinski definition) is 1. The van der Waals surface area contributed by atoms with Crippen LogP contribution in [0.5, 0.6) is 0 Å². The van der Waals surface area contributed by atoms with E-state index in [1.807, 2.05) is 25.7 Å². The number of aromatic nitrogens is 2. The number of nitrogens with zero attached hydrogens (tertiary/aromatic N) is 3. The lowest BCUT2D eigenvalue weighted by atomic mass is 10.1. The van der Waals surface area contributed by atoms with E-state index < -0.39 is 0 Å². The van der Waals surface area contributed by atoms with Gasteiger partial charge in [-0.05, 0) is 39.3 Å². The van der Waals surface area contributed by atoms with Crippen molar-refractivity contribution in [2.45, 2.75) is 38.8 Å². The SMILES string of the molecule is CO[C@H]1C[C@@H](C(=O)NCCc2c(C)nn(C)c2C)N(C)C1. The van der Waals surface area contributed by atoms with Crippen molar-refractivity contribution in [3.05, 3.63) is 17.0 Å². The zero-order valence-corrected chi connectivity index (χ0v) is 13.6. The summed E-state index contributed by atoms with van der Waals surface area (Å²) in [5.74, 6) is 0.0937. The molecule has 1 N–H and O–H groups in total. The number of likely N-dealkylation sites (tertiary alicyclic amines) is 1. The first kappa shape index (κ1) is 16.0. The van der Waals surface area contributed by atoms with Crippen LogP contribution in [0.1, 0.15) is 23.4 Å². The highest BCUT2D eigenvalue weighted by molar-refractivity contribution is 5.82. The van der Waals surface area contributed by atoms with Gasteiger partial charge < -0.3 is 10.1 Å². The second-order valence-corrected chi connectivity index (χ2v) is 5.86. The van der Waals surface area contributed by atoms with Crippen LogP contribution in [-0.2, 0) is 23.0 Å². The minimum atomic E-state index is -0.0777. The van der Waals surface area contributed by atoms with Gasteiger partial charge in [-0.2, -0.15) is 5.10 Å². The summed E-state index contributed by atoms with van der Waals surface area (Å²) in [5.41, 5.74) is 3.44. The van der Waals surface area contributed by atoms with E-state index in [1.165, 1.54) is 11.3 Å². The summed E-state index contributed by atoms with van der Waals surface area (Å²) in [4.78, 5) is 14.3. The zero-order chi connectivity index (χ0) is 15.6. The molecule has 0 unspecified atom stereocenters. The van der Waals surface area contributed by atoms with Crippen molar-refractivity contribution in [3.63, 3.8) is 0 Å². The highest BCUT2D eigenvalue weighted by Gasteiger charge is 2.34. The van der Waals surface area contributed by atoms with Gasteiger partial charge >= 0.3 is 0 Å². The molecular formula is C15H26N4O2. The van der Waals surface area contributed by atoms with Gasteiger partial charge in [0.2, 0.25) is 5.91 Å². The number of hydrogen-bond acceptors (Lipinski definition) is 4. The molecule has 0 saturated carbocycles. The molecule has 1 fully saturated rings. The number of aryl methyl sites for hydroxylation is 2. The number of rotatable bonds is 5. The van der Waals surface area contributed by atoms with Crippen molar-refractivity contribution in [1.29, 1.82) is 0 Å². The monoisotopic (exact) mass is 294 g/mol. The van der Waals surface area contributed by atoms with Crippen LogP contribution < -0.4 is 5.32 Å². The van der Waals surface area contributed by atoms with Gasteiger partial charge in [0.15, 0.2) is 0 Å². The van der Waals surface area contributed by atoms with Crippen molar-refractivity contribution in [1.82, 2.24) is 20.0 Å².